The number of hydrogen-bond donors (Lipinski definition) is 2. The van der Waals surface area contributed by atoms with Gasteiger partial charge < -0.3 is 10.1 Å². The number of carbonyl (C=O) groups is 1. The van der Waals surface area contributed by atoms with Gasteiger partial charge in [-0.15, -0.1) is 0 Å². The Hall–Kier alpha value is -2.18. The molecule has 0 fully saturated rings. The van der Waals surface area contributed by atoms with Crippen molar-refractivity contribution in [3.05, 3.63) is 63.6 Å². The average molecular weight is 419 g/mol. The number of rotatable bonds is 4. The molecule has 2 N–H and O–H groups in total. The zero-order valence-electron chi connectivity index (χ0n) is 14.2. The highest BCUT2D eigenvalue weighted by Gasteiger charge is 2.07. The molecule has 0 aromatic heterocycles. The molecule has 2 aromatic rings. The van der Waals surface area contributed by atoms with Gasteiger partial charge in [0.2, 0.25) is 5.91 Å². The summed E-state index contributed by atoms with van der Waals surface area (Å²) in [6, 6.07) is 11.4. The highest BCUT2D eigenvalue weighted by molar-refractivity contribution is 9.10. The zero-order valence-corrected chi connectivity index (χ0v) is 16.6. The highest BCUT2D eigenvalue weighted by Crippen LogP contribution is 2.25. The SMILES string of the molecule is COc1ccc(/C=C/C(=O)NC(=S)Nc2c(C)cc(Br)cc2C)cc1. The first-order chi connectivity index (χ1) is 11.9. The molecule has 1 amide bonds. The van der Waals surface area contributed by atoms with Crippen LogP contribution in [0.1, 0.15) is 16.7 Å². The number of hydrogen-bond acceptors (Lipinski definition) is 3. The monoisotopic (exact) mass is 418 g/mol. The van der Waals surface area contributed by atoms with Crippen molar-refractivity contribution in [3.8, 4) is 5.75 Å². The van der Waals surface area contributed by atoms with E-state index in [0.29, 0.717) is 0 Å². The maximum Gasteiger partial charge on any atom is 0.250 e. The van der Waals surface area contributed by atoms with Crippen molar-refractivity contribution in [1.82, 2.24) is 5.32 Å². The van der Waals surface area contributed by atoms with Crippen LogP contribution in [0, 0.1) is 13.8 Å². The molecule has 0 atom stereocenters. The van der Waals surface area contributed by atoms with E-state index in [9.17, 15) is 4.79 Å². The standard InChI is InChI=1S/C19H19BrN2O2S/c1-12-10-15(20)11-13(2)18(12)22-19(25)21-17(23)9-6-14-4-7-16(24-3)8-5-14/h4-11H,1-3H3,(H2,21,22,23,25)/b9-6+. The molecule has 6 heteroatoms. The predicted octanol–water partition coefficient (Wildman–Crippen LogP) is 4.60. The minimum Gasteiger partial charge on any atom is -0.497 e. The highest BCUT2D eigenvalue weighted by atomic mass is 79.9. The minimum absolute atomic E-state index is 0.262. The fourth-order valence-electron chi connectivity index (χ4n) is 2.29. The van der Waals surface area contributed by atoms with Gasteiger partial charge in [0.15, 0.2) is 5.11 Å². The third-order valence-corrected chi connectivity index (χ3v) is 4.18. The number of halogens is 1. The Morgan fingerprint density at radius 2 is 1.76 bits per heavy atom. The molecule has 0 saturated heterocycles. The van der Waals surface area contributed by atoms with Crippen LogP contribution in [-0.4, -0.2) is 18.1 Å². The molecule has 0 unspecified atom stereocenters. The van der Waals surface area contributed by atoms with E-state index in [1.54, 1.807) is 13.2 Å². The summed E-state index contributed by atoms with van der Waals surface area (Å²) in [7, 11) is 1.61. The largest absolute Gasteiger partial charge is 0.497 e. The number of thiocarbonyl (C=S) groups is 1. The van der Waals surface area contributed by atoms with Gasteiger partial charge in [-0.05, 0) is 73.1 Å². The van der Waals surface area contributed by atoms with Crippen LogP contribution in [0.25, 0.3) is 6.08 Å². The third kappa shape index (κ3) is 5.69. The van der Waals surface area contributed by atoms with Crippen LogP contribution in [0.5, 0.6) is 5.75 Å². The summed E-state index contributed by atoms with van der Waals surface area (Å²) in [4.78, 5) is 12.0. The Kier molecular flexibility index (Phi) is 6.73. The van der Waals surface area contributed by atoms with Gasteiger partial charge in [-0.25, -0.2) is 0 Å². The van der Waals surface area contributed by atoms with Gasteiger partial charge in [-0.1, -0.05) is 28.1 Å². The topological polar surface area (TPSA) is 50.4 Å². The van der Waals surface area contributed by atoms with Crippen LogP contribution in [0.4, 0.5) is 5.69 Å². The van der Waals surface area contributed by atoms with E-state index in [0.717, 1.165) is 32.6 Å². The lowest BCUT2D eigenvalue weighted by Crippen LogP contribution is -2.33. The number of benzene rings is 2. The van der Waals surface area contributed by atoms with E-state index in [2.05, 4.69) is 26.6 Å². The van der Waals surface area contributed by atoms with Crippen molar-refractivity contribution < 1.29 is 9.53 Å². The van der Waals surface area contributed by atoms with Crippen molar-refractivity contribution in [1.29, 1.82) is 0 Å². The molecule has 0 aliphatic heterocycles. The van der Waals surface area contributed by atoms with Crippen LogP contribution in [0.3, 0.4) is 0 Å². The van der Waals surface area contributed by atoms with E-state index < -0.39 is 0 Å². The summed E-state index contributed by atoms with van der Waals surface area (Å²) in [6.45, 7) is 3.96. The Bertz CT molecular complexity index is 794. The third-order valence-electron chi connectivity index (χ3n) is 3.52. The van der Waals surface area contributed by atoms with Crippen molar-refractivity contribution >= 4 is 50.9 Å². The summed E-state index contributed by atoms with van der Waals surface area (Å²) < 4.78 is 6.10. The second kappa shape index (κ2) is 8.78. The normalized spacial score (nSPS) is 10.6. The summed E-state index contributed by atoms with van der Waals surface area (Å²) >= 11 is 8.68. The van der Waals surface area contributed by atoms with Gasteiger partial charge in [-0.3, -0.25) is 10.1 Å². The van der Waals surface area contributed by atoms with Crippen LogP contribution in [0.15, 0.2) is 46.9 Å². The van der Waals surface area contributed by atoms with Crippen molar-refractivity contribution in [2.24, 2.45) is 0 Å². The smallest absolute Gasteiger partial charge is 0.250 e. The van der Waals surface area contributed by atoms with Crippen LogP contribution < -0.4 is 15.4 Å². The molecule has 0 spiro atoms. The lowest BCUT2D eigenvalue weighted by molar-refractivity contribution is -0.115. The first-order valence-corrected chi connectivity index (χ1v) is 8.80. The van der Waals surface area contributed by atoms with Gasteiger partial charge in [0, 0.05) is 16.2 Å². The molecule has 0 aliphatic carbocycles. The molecule has 25 heavy (non-hydrogen) atoms. The molecule has 2 aromatic carbocycles. The number of carbonyl (C=O) groups excluding carboxylic acids is 1. The van der Waals surface area contributed by atoms with Crippen molar-refractivity contribution in [2.75, 3.05) is 12.4 Å². The lowest BCUT2D eigenvalue weighted by atomic mass is 10.1. The van der Waals surface area contributed by atoms with Gasteiger partial charge in [0.05, 0.1) is 7.11 Å². The molecule has 0 saturated carbocycles. The maximum absolute atomic E-state index is 12.0. The van der Waals surface area contributed by atoms with E-state index in [1.807, 2.05) is 50.2 Å². The Morgan fingerprint density at radius 3 is 2.32 bits per heavy atom. The quantitative estimate of drug-likeness (QED) is 0.562. The Balaban J connectivity index is 1.96. The lowest BCUT2D eigenvalue weighted by Gasteiger charge is -2.14. The Labute approximate surface area is 161 Å². The molecular formula is C19H19BrN2O2S. The number of amides is 1. The van der Waals surface area contributed by atoms with Gasteiger partial charge >= 0.3 is 0 Å². The molecule has 130 valence electrons. The first kappa shape index (κ1) is 19.1. The number of nitrogens with one attached hydrogen (secondary N) is 2. The van der Waals surface area contributed by atoms with Crippen LogP contribution in [-0.2, 0) is 4.79 Å². The summed E-state index contributed by atoms with van der Waals surface area (Å²) in [5.74, 6) is 0.480. The first-order valence-electron chi connectivity index (χ1n) is 7.60. The summed E-state index contributed by atoms with van der Waals surface area (Å²) in [6.07, 6.45) is 3.16. The number of anilines is 1. The zero-order chi connectivity index (χ0) is 18.4. The van der Waals surface area contributed by atoms with Crippen molar-refractivity contribution in [2.45, 2.75) is 13.8 Å². The molecule has 4 nitrogen and oxygen atoms in total. The second-order valence-corrected chi connectivity index (χ2v) is 6.79. The fourth-order valence-corrected chi connectivity index (χ4v) is 3.18. The molecule has 0 radical (unpaired) electrons. The maximum atomic E-state index is 12.0. The molecule has 0 aliphatic rings. The average Bonchev–Trinajstić information content (AvgIpc) is 2.56. The minimum atomic E-state index is -0.291. The number of aryl methyl sites for hydroxylation is 2. The second-order valence-electron chi connectivity index (χ2n) is 5.46. The van der Waals surface area contributed by atoms with E-state index in [4.69, 9.17) is 17.0 Å². The van der Waals surface area contributed by atoms with E-state index in [1.165, 1.54) is 6.08 Å². The van der Waals surface area contributed by atoms with Gasteiger partial charge in [0.25, 0.3) is 0 Å². The summed E-state index contributed by atoms with van der Waals surface area (Å²) in [5.41, 5.74) is 3.87. The molecular weight excluding hydrogens is 400 g/mol. The van der Waals surface area contributed by atoms with E-state index >= 15 is 0 Å². The molecule has 0 heterocycles. The Morgan fingerprint density at radius 1 is 1.16 bits per heavy atom. The van der Waals surface area contributed by atoms with E-state index in [-0.39, 0.29) is 11.0 Å². The summed E-state index contributed by atoms with van der Waals surface area (Å²) in [5, 5.41) is 5.99. The van der Waals surface area contributed by atoms with Crippen molar-refractivity contribution in [3.63, 3.8) is 0 Å². The molecule has 2 rings (SSSR count). The number of methoxy groups -OCH3 is 1. The van der Waals surface area contributed by atoms with Gasteiger partial charge in [-0.2, -0.15) is 0 Å². The predicted molar refractivity (Wildman–Crippen MR) is 110 cm³/mol. The van der Waals surface area contributed by atoms with Crippen LogP contribution >= 0.6 is 28.1 Å². The van der Waals surface area contributed by atoms with Gasteiger partial charge in [0.1, 0.15) is 5.75 Å². The molecule has 0 bridgehead atoms. The number of ether oxygens (including phenoxy) is 1. The fraction of sp³-hybridized carbons (Fsp3) is 0.158. The van der Waals surface area contributed by atoms with Crippen LogP contribution in [0.2, 0.25) is 0 Å².